The molecule has 2 aromatic carbocycles. The molecule has 1 heterocycles. The molecule has 0 aliphatic heterocycles. The van der Waals surface area contributed by atoms with Gasteiger partial charge in [-0.15, -0.1) is 0 Å². The highest BCUT2D eigenvalue weighted by Crippen LogP contribution is 2.25. The van der Waals surface area contributed by atoms with E-state index in [1.54, 1.807) is 18.2 Å². The number of phenolic OH excluding ortho intramolecular Hbond substituents is 1. The van der Waals surface area contributed by atoms with Crippen molar-refractivity contribution in [1.29, 1.82) is 0 Å². The van der Waals surface area contributed by atoms with Crippen LogP contribution in [0.2, 0.25) is 0 Å². The molecule has 6 nitrogen and oxygen atoms in total. The number of hydrogen-bond donors (Lipinski definition) is 2. The fourth-order valence-electron chi connectivity index (χ4n) is 2.54. The minimum absolute atomic E-state index is 0.0279. The molecule has 26 heavy (non-hydrogen) atoms. The van der Waals surface area contributed by atoms with Gasteiger partial charge in [-0.25, -0.2) is 0 Å². The first-order valence-corrected chi connectivity index (χ1v) is 8.18. The number of carbonyl (C=O) groups is 2. The summed E-state index contributed by atoms with van der Waals surface area (Å²) in [6, 6.07) is 12.0. The van der Waals surface area contributed by atoms with E-state index in [-0.39, 0.29) is 12.2 Å². The SMILES string of the molecule is Cc1ccc(NC(=O)[C@H](C)OC(=O)Cc2coc3cc(O)ccc23)cc1. The molecule has 0 spiro atoms. The van der Waals surface area contributed by atoms with Crippen LogP contribution in [0.1, 0.15) is 18.1 Å². The summed E-state index contributed by atoms with van der Waals surface area (Å²) >= 11 is 0. The largest absolute Gasteiger partial charge is 0.508 e. The lowest BCUT2D eigenvalue weighted by Gasteiger charge is -2.13. The molecule has 1 amide bonds. The third-order valence-electron chi connectivity index (χ3n) is 3.97. The number of esters is 1. The Bertz CT molecular complexity index is 942. The van der Waals surface area contributed by atoms with Gasteiger partial charge in [0, 0.05) is 22.7 Å². The Balaban J connectivity index is 1.59. The number of hydrogen-bond acceptors (Lipinski definition) is 5. The third kappa shape index (κ3) is 4.03. The van der Waals surface area contributed by atoms with Gasteiger partial charge in [-0.1, -0.05) is 17.7 Å². The molecule has 1 atom stereocenters. The van der Waals surface area contributed by atoms with Gasteiger partial charge in [0.2, 0.25) is 0 Å². The highest BCUT2D eigenvalue weighted by atomic mass is 16.5. The Kier molecular flexibility index (Phi) is 4.93. The van der Waals surface area contributed by atoms with E-state index >= 15 is 0 Å². The van der Waals surface area contributed by atoms with E-state index in [9.17, 15) is 14.7 Å². The number of fused-ring (bicyclic) bond motifs is 1. The second-order valence-electron chi connectivity index (χ2n) is 6.11. The van der Waals surface area contributed by atoms with Crippen LogP contribution in [0.15, 0.2) is 53.1 Å². The van der Waals surface area contributed by atoms with Gasteiger partial charge < -0.3 is 19.6 Å². The molecule has 3 rings (SSSR count). The molecule has 1 aromatic heterocycles. The van der Waals surface area contributed by atoms with Gasteiger partial charge in [-0.2, -0.15) is 0 Å². The number of phenols is 1. The monoisotopic (exact) mass is 353 g/mol. The van der Waals surface area contributed by atoms with Crippen LogP contribution in [0.3, 0.4) is 0 Å². The molecule has 0 fully saturated rings. The second-order valence-corrected chi connectivity index (χ2v) is 6.11. The lowest BCUT2D eigenvalue weighted by Crippen LogP contribution is -2.30. The molecule has 2 N–H and O–H groups in total. The van der Waals surface area contributed by atoms with Gasteiger partial charge >= 0.3 is 5.97 Å². The standard InChI is InChI=1S/C20H19NO5/c1-12-3-5-15(6-4-12)21-20(24)13(2)26-19(23)9-14-11-25-18-10-16(22)7-8-17(14)18/h3-8,10-11,13,22H,9H2,1-2H3,(H,21,24)/t13-/m0/s1. The number of amides is 1. The average Bonchev–Trinajstić information content (AvgIpc) is 2.98. The fourth-order valence-corrected chi connectivity index (χ4v) is 2.54. The first-order chi connectivity index (χ1) is 12.4. The molecule has 0 aliphatic carbocycles. The maximum Gasteiger partial charge on any atom is 0.311 e. The summed E-state index contributed by atoms with van der Waals surface area (Å²) in [5, 5.41) is 12.9. The molecule has 134 valence electrons. The van der Waals surface area contributed by atoms with E-state index in [0.29, 0.717) is 16.8 Å². The number of anilines is 1. The second kappa shape index (κ2) is 7.31. The van der Waals surface area contributed by atoms with Crippen molar-refractivity contribution in [2.24, 2.45) is 0 Å². The molecule has 0 aliphatic rings. The zero-order valence-corrected chi connectivity index (χ0v) is 14.5. The van der Waals surface area contributed by atoms with E-state index in [1.165, 1.54) is 25.3 Å². The normalized spacial score (nSPS) is 11.9. The number of aryl methyl sites for hydroxylation is 1. The summed E-state index contributed by atoms with van der Waals surface area (Å²) < 4.78 is 10.5. The maximum atomic E-state index is 12.2. The summed E-state index contributed by atoms with van der Waals surface area (Å²) in [5.74, 6) is -0.848. The van der Waals surface area contributed by atoms with Crippen molar-refractivity contribution in [1.82, 2.24) is 0 Å². The lowest BCUT2D eigenvalue weighted by molar-refractivity contribution is -0.152. The first kappa shape index (κ1) is 17.5. The Morgan fingerprint density at radius 2 is 1.92 bits per heavy atom. The van der Waals surface area contributed by atoms with E-state index in [0.717, 1.165) is 10.9 Å². The van der Waals surface area contributed by atoms with Gasteiger partial charge in [0.15, 0.2) is 6.10 Å². The van der Waals surface area contributed by atoms with Crippen molar-refractivity contribution in [2.75, 3.05) is 5.32 Å². The molecule has 0 unspecified atom stereocenters. The molecule has 0 bridgehead atoms. The minimum atomic E-state index is -0.925. The topological polar surface area (TPSA) is 88.8 Å². The number of nitrogens with one attached hydrogen (secondary N) is 1. The van der Waals surface area contributed by atoms with Crippen molar-refractivity contribution in [2.45, 2.75) is 26.4 Å². The predicted molar refractivity (Wildman–Crippen MR) is 96.9 cm³/mol. The van der Waals surface area contributed by atoms with Crippen molar-refractivity contribution in [3.8, 4) is 5.75 Å². The Morgan fingerprint density at radius 1 is 1.19 bits per heavy atom. The third-order valence-corrected chi connectivity index (χ3v) is 3.97. The zero-order chi connectivity index (χ0) is 18.7. The van der Waals surface area contributed by atoms with Crippen LogP contribution in [0.25, 0.3) is 11.0 Å². The Morgan fingerprint density at radius 3 is 2.65 bits per heavy atom. The number of carbonyl (C=O) groups excluding carboxylic acids is 2. The molecular formula is C20H19NO5. The molecular weight excluding hydrogens is 334 g/mol. The molecule has 0 radical (unpaired) electrons. The smallest absolute Gasteiger partial charge is 0.311 e. The number of ether oxygens (including phenoxy) is 1. The molecule has 0 saturated heterocycles. The average molecular weight is 353 g/mol. The fraction of sp³-hybridized carbons (Fsp3) is 0.200. The Hall–Kier alpha value is -3.28. The van der Waals surface area contributed by atoms with Crippen LogP contribution in [0.5, 0.6) is 5.75 Å². The van der Waals surface area contributed by atoms with Gasteiger partial charge in [0.1, 0.15) is 11.3 Å². The van der Waals surface area contributed by atoms with E-state index in [2.05, 4.69) is 5.32 Å². The number of benzene rings is 2. The Labute approximate surface area is 150 Å². The van der Waals surface area contributed by atoms with Gasteiger partial charge in [-0.3, -0.25) is 9.59 Å². The minimum Gasteiger partial charge on any atom is -0.508 e. The highest BCUT2D eigenvalue weighted by Gasteiger charge is 2.19. The molecule has 0 saturated carbocycles. The van der Waals surface area contributed by atoms with Crippen LogP contribution in [-0.2, 0) is 20.7 Å². The predicted octanol–water partition coefficient (Wildman–Crippen LogP) is 3.56. The summed E-state index contributed by atoms with van der Waals surface area (Å²) in [7, 11) is 0. The van der Waals surface area contributed by atoms with Crippen LogP contribution in [0.4, 0.5) is 5.69 Å². The van der Waals surface area contributed by atoms with Crippen molar-refractivity contribution < 1.29 is 23.8 Å². The van der Waals surface area contributed by atoms with Crippen molar-refractivity contribution >= 4 is 28.5 Å². The summed E-state index contributed by atoms with van der Waals surface area (Å²) in [6.07, 6.45) is 0.494. The van der Waals surface area contributed by atoms with Crippen LogP contribution < -0.4 is 5.32 Å². The summed E-state index contributed by atoms with van der Waals surface area (Å²) in [4.78, 5) is 24.3. The lowest BCUT2D eigenvalue weighted by atomic mass is 10.1. The summed E-state index contributed by atoms with van der Waals surface area (Å²) in [6.45, 7) is 3.48. The van der Waals surface area contributed by atoms with E-state index in [4.69, 9.17) is 9.15 Å². The highest BCUT2D eigenvalue weighted by molar-refractivity contribution is 5.95. The van der Waals surface area contributed by atoms with Gasteiger partial charge in [0.25, 0.3) is 5.91 Å². The number of furan rings is 1. The number of rotatable bonds is 5. The number of aromatic hydroxyl groups is 1. The van der Waals surface area contributed by atoms with E-state index < -0.39 is 18.0 Å². The van der Waals surface area contributed by atoms with Crippen LogP contribution >= 0.6 is 0 Å². The zero-order valence-electron chi connectivity index (χ0n) is 14.5. The van der Waals surface area contributed by atoms with Gasteiger partial charge in [0.05, 0.1) is 12.7 Å². The molecule has 3 aromatic rings. The van der Waals surface area contributed by atoms with Gasteiger partial charge in [-0.05, 0) is 38.1 Å². The van der Waals surface area contributed by atoms with Crippen molar-refractivity contribution in [3.05, 3.63) is 59.9 Å². The summed E-state index contributed by atoms with van der Waals surface area (Å²) in [5.41, 5.74) is 2.85. The van der Waals surface area contributed by atoms with E-state index in [1.807, 2.05) is 19.1 Å². The van der Waals surface area contributed by atoms with Crippen LogP contribution in [0, 0.1) is 6.92 Å². The maximum absolute atomic E-state index is 12.2. The quantitative estimate of drug-likeness (QED) is 0.685. The van der Waals surface area contributed by atoms with Crippen molar-refractivity contribution in [3.63, 3.8) is 0 Å². The first-order valence-electron chi connectivity index (χ1n) is 8.18. The molecule has 6 heteroatoms. The van der Waals surface area contributed by atoms with Crippen LogP contribution in [-0.4, -0.2) is 23.1 Å².